The van der Waals surface area contributed by atoms with Gasteiger partial charge in [-0.2, -0.15) is 0 Å². The molecule has 0 aromatic heterocycles. The van der Waals surface area contributed by atoms with Gasteiger partial charge in [0.1, 0.15) is 12.5 Å². The summed E-state index contributed by atoms with van der Waals surface area (Å²) in [6, 6.07) is 8.10. The number of ether oxygens (including phenoxy) is 1. The molecule has 1 atom stereocenters. The Hall–Kier alpha value is -1.32. The second kappa shape index (κ2) is 8.85. The summed E-state index contributed by atoms with van der Waals surface area (Å²) in [4.78, 5) is 14.5. The Morgan fingerprint density at radius 1 is 1.29 bits per heavy atom. The fourth-order valence-corrected chi connectivity index (χ4v) is 2.57. The van der Waals surface area contributed by atoms with E-state index >= 15 is 0 Å². The maximum Gasteiger partial charge on any atom is 0.317 e. The average Bonchev–Trinajstić information content (AvgIpc) is 2.51. The number of allylic oxidation sites excluding steroid dienone is 1. The summed E-state index contributed by atoms with van der Waals surface area (Å²) in [5.41, 5.74) is 2.31. The number of hydrogen-bond acceptors (Lipinski definition) is 3. The number of fused-ring (bicyclic) bond motifs is 1. The minimum Gasteiger partial charge on any atom is -0.464 e. The molecule has 3 nitrogen and oxygen atoms in total. The van der Waals surface area contributed by atoms with Crippen molar-refractivity contribution in [3.05, 3.63) is 47.5 Å². The van der Waals surface area contributed by atoms with Gasteiger partial charge >= 0.3 is 5.97 Å². The molecule has 21 heavy (non-hydrogen) atoms. The van der Waals surface area contributed by atoms with E-state index in [2.05, 4.69) is 30.9 Å². The number of esters is 1. The van der Waals surface area contributed by atoms with Crippen LogP contribution in [0.5, 0.6) is 0 Å². The minimum atomic E-state index is -0.239. The average molecular weight is 310 g/mol. The quantitative estimate of drug-likeness (QED) is 0.597. The highest BCUT2D eigenvalue weighted by molar-refractivity contribution is 5.85. The predicted octanol–water partition coefficient (Wildman–Crippen LogP) is 3.19. The molecule has 1 aliphatic rings. The second-order valence-electron chi connectivity index (χ2n) is 5.00. The normalized spacial score (nSPS) is 16.2. The Bertz CT molecular complexity index is 483. The van der Waals surface area contributed by atoms with Gasteiger partial charge in [0.25, 0.3) is 0 Å². The van der Waals surface area contributed by atoms with Crippen LogP contribution in [0.3, 0.4) is 0 Å². The van der Waals surface area contributed by atoms with Crippen molar-refractivity contribution >= 4 is 18.4 Å². The largest absolute Gasteiger partial charge is 0.464 e. The fourth-order valence-electron chi connectivity index (χ4n) is 2.57. The van der Waals surface area contributed by atoms with E-state index in [1.807, 2.05) is 24.3 Å². The number of likely N-dealkylation sites (N-methyl/N-ethyl adjacent to an activating group) is 1. The van der Waals surface area contributed by atoms with Crippen molar-refractivity contribution in [2.45, 2.75) is 26.2 Å². The summed E-state index contributed by atoms with van der Waals surface area (Å²) in [6.07, 6.45) is 4.92. The lowest BCUT2D eigenvalue weighted by Gasteiger charge is -2.21. The van der Waals surface area contributed by atoms with Crippen molar-refractivity contribution in [1.82, 2.24) is 4.90 Å². The predicted molar refractivity (Wildman–Crippen MR) is 88.0 cm³/mol. The molecule has 0 amide bonds. The van der Waals surface area contributed by atoms with Gasteiger partial charge in [-0.05, 0) is 30.6 Å². The van der Waals surface area contributed by atoms with Gasteiger partial charge in [-0.15, -0.1) is 12.4 Å². The zero-order chi connectivity index (χ0) is 14.4. The first-order valence-corrected chi connectivity index (χ1v) is 7.39. The fraction of sp³-hybridized carbons (Fsp3) is 0.471. The first-order chi connectivity index (χ1) is 9.76. The van der Waals surface area contributed by atoms with E-state index in [4.69, 9.17) is 4.74 Å². The Kier molecular flexibility index (Phi) is 7.48. The Balaban J connectivity index is 0.00000220. The maximum absolute atomic E-state index is 12.2. The van der Waals surface area contributed by atoms with E-state index in [0.717, 1.165) is 31.6 Å². The zero-order valence-corrected chi connectivity index (χ0v) is 13.6. The first-order valence-electron chi connectivity index (χ1n) is 7.39. The smallest absolute Gasteiger partial charge is 0.317 e. The summed E-state index contributed by atoms with van der Waals surface area (Å²) >= 11 is 0. The van der Waals surface area contributed by atoms with E-state index in [1.165, 1.54) is 5.56 Å². The van der Waals surface area contributed by atoms with Crippen molar-refractivity contribution in [2.75, 3.05) is 26.2 Å². The molecule has 0 aliphatic heterocycles. The first kappa shape index (κ1) is 17.7. The van der Waals surface area contributed by atoms with E-state index < -0.39 is 0 Å². The van der Waals surface area contributed by atoms with Gasteiger partial charge in [0.2, 0.25) is 0 Å². The van der Waals surface area contributed by atoms with Crippen molar-refractivity contribution in [3.8, 4) is 0 Å². The van der Waals surface area contributed by atoms with Crippen molar-refractivity contribution in [1.29, 1.82) is 0 Å². The Morgan fingerprint density at radius 3 is 2.71 bits per heavy atom. The molecule has 1 unspecified atom stereocenters. The Morgan fingerprint density at radius 2 is 2.00 bits per heavy atom. The van der Waals surface area contributed by atoms with Gasteiger partial charge in [0.15, 0.2) is 0 Å². The lowest BCUT2D eigenvalue weighted by Crippen LogP contribution is -2.29. The van der Waals surface area contributed by atoms with E-state index in [-0.39, 0.29) is 24.3 Å². The molecule has 2 rings (SSSR count). The molecule has 0 fully saturated rings. The van der Waals surface area contributed by atoms with E-state index in [1.54, 1.807) is 0 Å². The number of carbonyl (C=O) groups is 1. The highest BCUT2D eigenvalue weighted by Gasteiger charge is 2.23. The van der Waals surface area contributed by atoms with E-state index in [0.29, 0.717) is 6.61 Å². The van der Waals surface area contributed by atoms with Crippen LogP contribution in [0, 0.1) is 0 Å². The molecule has 0 radical (unpaired) electrons. The summed E-state index contributed by atoms with van der Waals surface area (Å²) in [7, 11) is 0. The monoisotopic (exact) mass is 309 g/mol. The molecule has 1 aromatic carbocycles. The van der Waals surface area contributed by atoms with Gasteiger partial charge in [0, 0.05) is 6.54 Å². The number of halogens is 1. The van der Waals surface area contributed by atoms with Crippen molar-refractivity contribution in [2.24, 2.45) is 0 Å². The molecule has 0 N–H and O–H groups in total. The molecule has 0 heterocycles. The van der Waals surface area contributed by atoms with Crippen LogP contribution in [0.15, 0.2) is 36.4 Å². The number of nitrogens with zero attached hydrogens (tertiary/aromatic N) is 1. The van der Waals surface area contributed by atoms with E-state index in [9.17, 15) is 4.79 Å². The zero-order valence-electron chi connectivity index (χ0n) is 12.7. The molecule has 0 spiro atoms. The lowest BCUT2D eigenvalue weighted by molar-refractivity contribution is -0.144. The highest BCUT2D eigenvalue weighted by Crippen LogP contribution is 2.27. The van der Waals surface area contributed by atoms with Crippen molar-refractivity contribution < 1.29 is 9.53 Å². The third kappa shape index (κ3) is 4.58. The molecule has 0 bridgehead atoms. The van der Waals surface area contributed by atoms with Crippen LogP contribution in [0.25, 0.3) is 0 Å². The SMILES string of the molecule is CCN(CC)CCOC(=O)C1C=CCc2ccccc21.Cl. The molecule has 0 saturated carbocycles. The summed E-state index contributed by atoms with van der Waals surface area (Å²) in [6.45, 7) is 7.47. The molecule has 1 aromatic rings. The number of rotatable bonds is 6. The van der Waals surface area contributed by atoms with Crippen LogP contribution < -0.4 is 0 Å². The van der Waals surface area contributed by atoms with Crippen LogP contribution >= 0.6 is 12.4 Å². The molecule has 4 heteroatoms. The molecule has 116 valence electrons. The molecule has 1 aliphatic carbocycles. The topological polar surface area (TPSA) is 29.5 Å². The van der Waals surface area contributed by atoms with Crippen LogP contribution in [0.2, 0.25) is 0 Å². The lowest BCUT2D eigenvalue weighted by atomic mass is 9.88. The van der Waals surface area contributed by atoms with Crippen LogP contribution in [-0.2, 0) is 16.0 Å². The molecule has 0 saturated heterocycles. The summed E-state index contributed by atoms with van der Waals surface area (Å²) < 4.78 is 5.44. The number of hydrogen-bond donors (Lipinski definition) is 0. The van der Waals surface area contributed by atoms with Gasteiger partial charge in [-0.25, -0.2) is 0 Å². The van der Waals surface area contributed by atoms with Gasteiger partial charge in [-0.3, -0.25) is 4.79 Å². The van der Waals surface area contributed by atoms with Crippen LogP contribution in [0.4, 0.5) is 0 Å². The van der Waals surface area contributed by atoms with Crippen LogP contribution in [-0.4, -0.2) is 37.1 Å². The second-order valence-corrected chi connectivity index (χ2v) is 5.00. The van der Waals surface area contributed by atoms with Crippen molar-refractivity contribution in [3.63, 3.8) is 0 Å². The summed E-state index contributed by atoms with van der Waals surface area (Å²) in [5.74, 6) is -0.378. The summed E-state index contributed by atoms with van der Waals surface area (Å²) in [5, 5.41) is 0. The third-order valence-electron chi connectivity index (χ3n) is 3.86. The number of carbonyl (C=O) groups excluding carboxylic acids is 1. The standard InChI is InChI=1S/C17H23NO2.ClH/c1-3-18(4-2)12-13-20-17(19)16-11-7-9-14-8-5-6-10-15(14)16;/h5-8,10-11,16H,3-4,9,12-13H2,1-2H3;1H. The minimum absolute atomic E-state index is 0. The van der Waals surface area contributed by atoms with Crippen LogP contribution in [0.1, 0.15) is 30.9 Å². The molecular weight excluding hydrogens is 286 g/mol. The Labute approximate surface area is 133 Å². The van der Waals surface area contributed by atoms with Gasteiger partial charge in [0.05, 0.1) is 0 Å². The third-order valence-corrected chi connectivity index (χ3v) is 3.86. The van der Waals surface area contributed by atoms with Gasteiger partial charge < -0.3 is 9.64 Å². The molecular formula is C17H24ClNO2. The maximum atomic E-state index is 12.2. The highest BCUT2D eigenvalue weighted by atomic mass is 35.5. The van der Waals surface area contributed by atoms with Gasteiger partial charge in [-0.1, -0.05) is 50.3 Å². The number of benzene rings is 1.